The van der Waals surface area contributed by atoms with E-state index in [9.17, 15) is 4.79 Å². The minimum Gasteiger partial charge on any atom is -0.365 e. The number of nitrogens with one attached hydrogen (secondary N) is 1. The van der Waals surface area contributed by atoms with Crippen molar-refractivity contribution in [2.45, 2.75) is 83.1 Å². The van der Waals surface area contributed by atoms with Crippen LogP contribution in [0.2, 0.25) is 0 Å². The number of hydrogen-bond acceptors (Lipinski definition) is 5. The average Bonchev–Trinajstić information content (AvgIpc) is 3.29. The van der Waals surface area contributed by atoms with Crippen LogP contribution >= 0.6 is 0 Å². The lowest BCUT2D eigenvalue weighted by Gasteiger charge is -2.26. The summed E-state index contributed by atoms with van der Waals surface area (Å²) in [6, 6.07) is 0.419. The van der Waals surface area contributed by atoms with Crippen molar-refractivity contribution in [1.82, 2.24) is 25.5 Å². The summed E-state index contributed by atoms with van der Waals surface area (Å²) in [4.78, 5) is 12.3. The third-order valence-electron chi connectivity index (χ3n) is 4.45. The first-order valence-corrected chi connectivity index (χ1v) is 8.48. The lowest BCUT2D eigenvalue weighted by atomic mass is 9.97. The lowest BCUT2D eigenvalue weighted by molar-refractivity contribution is -0.138. The molecule has 0 unspecified atom stereocenters. The first-order valence-electron chi connectivity index (χ1n) is 8.48. The Labute approximate surface area is 130 Å². The molecule has 1 heterocycles. The maximum absolute atomic E-state index is 12.3. The van der Waals surface area contributed by atoms with E-state index in [0.717, 1.165) is 31.5 Å². The number of ether oxygens (including phenoxy) is 1. The van der Waals surface area contributed by atoms with Crippen LogP contribution in [0.15, 0.2) is 0 Å². The molecule has 22 heavy (non-hydrogen) atoms. The van der Waals surface area contributed by atoms with E-state index >= 15 is 0 Å². The molecule has 2 aliphatic rings. The first kappa shape index (κ1) is 15.4. The molecule has 1 aromatic heterocycles. The van der Waals surface area contributed by atoms with E-state index in [1.54, 1.807) is 0 Å². The van der Waals surface area contributed by atoms with E-state index in [-0.39, 0.29) is 18.1 Å². The number of tetrazole rings is 1. The molecule has 1 aromatic rings. The van der Waals surface area contributed by atoms with Gasteiger partial charge in [0, 0.05) is 0 Å². The zero-order chi connectivity index (χ0) is 15.4. The van der Waals surface area contributed by atoms with Crippen molar-refractivity contribution in [3.8, 4) is 0 Å². The smallest absolute Gasteiger partial charge is 0.249 e. The van der Waals surface area contributed by atoms with Crippen molar-refractivity contribution >= 4 is 5.91 Å². The Hall–Kier alpha value is -1.50. The highest BCUT2D eigenvalue weighted by atomic mass is 16.5. The topological polar surface area (TPSA) is 81.9 Å². The molecule has 2 fully saturated rings. The van der Waals surface area contributed by atoms with Gasteiger partial charge in [-0.1, -0.05) is 26.2 Å². The minimum absolute atomic E-state index is 0.0570. The summed E-state index contributed by atoms with van der Waals surface area (Å²) in [5.74, 6) is 0.668. The molecule has 3 rings (SSSR count). The summed E-state index contributed by atoms with van der Waals surface area (Å²) in [7, 11) is 0. The third-order valence-corrected chi connectivity index (χ3v) is 4.45. The van der Waals surface area contributed by atoms with Crippen LogP contribution in [0.4, 0.5) is 0 Å². The first-order chi connectivity index (χ1) is 10.8. The van der Waals surface area contributed by atoms with Gasteiger partial charge in [0.25, 0.3) is 0 Å². The van der Waals surface area contributed by atoms with Crippen molar-refractivity contribution in [3.63, 3.8) is 0 Å². The van der Waals surface area contributed by atoms with E-state index in [4.69, 9.17) is 4.74 Å². The van der Waals surface area contributed by atoms with Gasteiger partial charge in [0.05, 0.1) is 18.7 Å². The predicted octanol–water partition coefficient (Wildman–Crippen LogP) is 1.75. The average molecular weight is 307 g/mol. The van der Waals surface area contributed by atoms with Crippen LogP contribution in [0, 0.1) is 0 Å². The molecule has 0 bridgehead atoms. The van der Waals surface area contributed by atoms with E-state index in [1.807, 2.05) is 11.6 Å². The third kappa shape index (κ3) is 3.82. The van der Waals surface area contributed by atoms with Crippen molar-refractivity contribution in [1.29, 1.82) is 0 Å². The van der Waals surface area contributed by atoms with Crippen LogP contribution in [-0.4, -0.2) is 38.3 Å². The van der Waals surface area contributed by atoms with E-state index in [1.165, 1.54) is 19.3 Å². The van der Waals surface area contributed by atoms with Gasteiger partial charge in [0.2, 0.25) is 5.91 Å². The van der Waals surface area contributed by atoms with Crippen LogP contribution in [0.3, 0.4) is 0 Å². The van der Waals surface area contributed by atoms with Crippen LogP contribution in [-0.2, 0) is 16.1 Å². The van der Waals surface area contributed by atoms with Gasteiger partial charge in [-0.25, -0.2) is 4.68 Å². The van der Waals surface area contributed by atoms with E-state index in [2.05, 4.69) is 20.8 Å². The Kier molecular flexibility index (Phi) is 5.02. The van der Waals surface area contributed by atoms with Gasteiger partial charge in [0.15, 0.2) is 5.82 Å². The van der Waals surface area contributed by atoms with Gasteiger partial charge in [-0.3, -0.25) is 4.79 Å². The fourth-order valence-electron chi connectivity index (χ4n) is 2.99. The maximum Gasteiger partial charge on any atom is 0.249 e. The molecular formula is C15H25N5O2. The normalized spacial score (nSPS) is 20.8. The predicted molar refractivity (Wildman–Crippen MR) is 80.0 cm³/mol. The van der Waals surface area contributed by atoms with Gasteiger partial charge < -0.3 is 10.1 Å². The second-order valence-corrected chi connectivity index (χ2v) is 6.28. The Morgan fingerprint density at radius 1 is 1.32 bits per heavy atom. The highest BCUT2D eigenvalue weighted by Crippen LogP contribution is 2.34. The Balaban J connectivity index is 1.49. The monoisotopic (exact) mass is 307 g/mol. The van der Waals surface area contributed by atoms with Crippen molar-refractivity contribution in [3.05, 3.63) is 5.82 Å². The van der Waals surface area contributed by atoms with Crippen LogP contribution < -0.4 is 5.32 Å². The molecule has 2 aliphatic carbocycles. The molecule has 1 N–H and O–H groups in total. The SMILES string of the molecule is CC[C@@H](OC1CCCCC1)C(=O)NCc1nnnn1C1CC1. The largest absolute Gasteiger partial charge is 0.365 e. The molecule has 0 aliphatic heterocycles. The zero-order valence-corrected chi connectivity index (χ0v) is 13.2. The van der Waals surface area contributed by atoms with E-state index in [0.29, 0.717) is 19.0 Å². The number of aromatic nitrogens is 4. The minimum atomic E-state index is -0.367. The lowest BCUT2D eigenvalue weighted by Crippen LogP contribution is -2.39. The fraction of sp³-hybridized carbons (Fsp3) is 0.867. The van der Waals surface area contributed by atoms with Crippen molar-refractivity contribution in [2.24, 2.45) is 0 Å². The van der Waals surface area contributed by atoms with Crippen LogP contribution in [0.1, 0.15) is 70.2 Å². The number of nitrogens with zero attached hydrogens (tertiary/aromatic N) is 4. The number of carbonyl (C=O) groups excluding carboxylic acids is 1. The van der Waals surface area contributed by atoms with Gasteiger partial charge in [0.1, 0.15) is 6.10 Å². The summed E-state index contributed by atoms with van der Waals surface area (Å²) < 4.78 is 7.81. The molecule has 1 atom stereocenters. The van der Waals surface area contributed by atoms with Gasteiger partial charge in [-0.05, 0) is 42.5 Å². The fourth-order valence-corrected chi connectivity index (χ4v) is 2.99. The molecule has 122 valence electrons. The molecule has 7 nitrogen and oxygen atoms in total. The second-order valence-electron chi connectivity index (χ2n) is 6.28. The van der Waals surface area contributed by atoms with Crippen LogP contribution in [0.5, 0.6) is 0 Å². The molecule has 0 spiro atoms. The Morgan fingerprint density at radius 2 is 2.09 bits per heavy atom. The van der Waals surface area contributed by atoms with Crippen molar-refractivity contribution < 1.29 is 9.53 Å². The quantitative estimate of drug-likeness (QED) is 0.830. The zero-order valence-electron chi connectivity index (χ0n) is 13.2. The van der Waals surface area contributed by atoms with E-state index < -0.39 is 0 Å². The second kappa shape index (κ2) is 7.17. The summed E-state index contributed by atoms with van der Waals surface area (Å²) in [6.07, 6.45) is 8.64. The molecule has 2 saturated carbocycles. The standard InChI is InChI=1S/C15H25N5O2/c1-2-13(22-12-6-4-3-5-7-12)15(21)16-10-14-17-18-19-20(14)11-8-9-11/h11-13H,2-10H2,1H3,(H,16,21)/t13-/m1/s1. The summed E-state index contributed by atoms with van der Waals surface area (Å²) >= 11 is 0. The molecule has 0 saturated heterocycles. The van der Waals surface area contributed by atoms with Gasteiger partial charge in [-0.15, -0.1) is 5.10 Å². The molecule has 0 aromatic carbocycles. The number of rotatable bonds is 7. The Morgan fingerprint density at radius 3 is 2.77 bits per heavy atom. The number of hydrogen-bond donors (Lipinski definition) is 1. The Bertz CT molecular complexity index is 494. The molecule has 1 amide bonds. The highest BCUT2D eigenvalue weighted by molar-refractivity contribution is 5.80. The molecule has 0 radical (unpaired) electrons. The summed E-state index contributed by atoms with van der Waals surface area (Å²) in [6.45, 7) is 2.36. The molecule has 7 heteroatoms. The summed E-state index contributed by atoms with van der Waals surface area (Å²) in [5.41, 5.74) is 0. The van der Waals surface area contributed by atoms with Gasteiger partial charge >= 0.3 is 0 Å². The molecular weight excluding hydrogens is 282 g/mol. The van der Waals surface area contributed by atoms with Gasteiger partial charge in [-0.2, -0.15) is 0 Å². The highest BCUT2D eigenvalue weighted by Gasteiger charge is 2.28. The number of carbonyl (C=O) groups is 1. The maximum atomic E-state index is 12.3. The summed E-state index contributed by atoms with van der Waals surface area (Å²) in [5, 5.41) is 14.6. The number of amides is 1. The van der Waals surface area contributed by atoms with Crippen LogP contribution in [0.25, 0.3) is 0 Å². The van der Waals surface area contributed by atoms with Crippen molar-refractivity contribution in [2.75, 3.05) is 0 Å².